The summed E-state index contributed by atoms with van der Waals surface area (Å²) in [5, 5.41) is 13.9. The topological polar surface area (TPSA) is 105 Å². The van der Waals surface area contributed by atoms with Gasteiger partial charge in [0.25, 0.3) is 5.91 Å². The summed E-state index contributed by atoms with van der Waals surface area (Å²) in [5.74, 6) is -0.160. The number of likely N-dealkylation sites (tertiary alicyclic amines) is 1. The van der Waals surface area contributed by atoms with Gasteiger partial charge in [-0.1, -0.05) is 12.5 Å². The first-order valence-electron chi connectivity index (χ1n) is 9.17. The maximum absolute atomic E-state index is 13.1. The Labute approximate surface area is 157 Å². The molecule has 2 amide bonds. The molecular formula is C20H21N5O2. The number of rotatable bonds is 4. The van der Waals surface area contributed by atoms with Crippen LogP contribution in [0.2, 0.25) is 0 Å². The second-order valence-corrected chi connectivity index (χ2v) is 7.31. The molecule has 0 spiro atoms. The first kappa shape index (κ1) is 17.3. The Bertz CT molecular complexity index is 986. The predicted octanol–water partition coefficient (Wildman–Crippen LogP) is 1.96. The van der Waals surface area contributed by atoms with Crippen LogP contribution in [0.5, 0.6) is 0 Å². The average Bonchev–Trinajstić information content (AvgIpc) is 3.33. The van der Waals surface area contributed by atoms with Gasteiger partial charge in [-0.15, -0.1) is 6.58 Å². The number of nitrogens with two attached hydrogens (primary N) is 1. The molecule has 27 heavy (non-hydrogen) atoms. The van der Waals surface area contributed by atoms with E-state index in [1.807, 2.05) is 17.0 Å². The summed E-state index contributed by atoms with van der Waals surface area (Å²) in [6.45, 7) is 3.93. The molecule has 3 unspecified atom stereocenters. The van der Waals surface area contributed by atoms with Crippen molar-refractivity contribution in [2.45, 2.75) is 44.3 Å². The second-order valence-electron chi connectivity index (χ2n) is 7.31. The predicted molar refractivity (Wildman–Crippen MR) is 99.5 cm³/mol. The van der Waals surface area contributed by atoms with Crippen LogP contribution in [0.25, 0.3) is 10.9 Å². The molecule has 1 aliphatic heterocycles. The molecule has 2 aromatic rings. The van der Waals surface area contributed by atoms with Crippen LogP contribution in [0.3, 0.4) is 0 Å². The molecule has 0 radical (unpaired) electrons. The highest BCUT2D eigenvalue weighted by Crippen LogP contribution is 2.41. The summed E-state index contributed by atoms with van der Waals surface area (Å²) in [5.41, 5.74) is 6.56. The molecule has 138 valence electrons. The molecule has 4 rings (SSSR count). The number of hydrogen-bond acceptors (Lipinski definition) is 4. The van der Waals surface area contributed by atoms with Gasteiger partial charge in [0.05, 0.1) is 23.2 Å². The molecule has 7 heteroatoms. The van der Waals surface area contributed by atoms with Crippen LogP contribution in [-0.4, -0.2) is 38.6 Å². The second kappa shape index (κ2) is 6.54. The maximum Gasteiger partial charge on any atom is 0.269 e. The minimum absolute atomic E-state index is 0.0286. The van der Waals surface area contributed by atoms with Crippen LogP contribution in [0.4, 0.5) is 0 Å². The molecule has 2 fully saturated rings. The zero-order valence-electron chi connectivity index (χ0n) is 15.0. The molecule has 3 atom stereocenters. The highest BCUT2D eigenvalue weighted by Gasteiger charge is 2.44. The van der Waals surface area contributed by atoms with Crippen molar-refractivity contribution < 1.29 is 9.59 Å². The normalized spacial score (nSPS) is 24.0. The van der Waals surface area contributed by atoms with Crippen molar-refractivity contribution in [3.63, 3.8) is 0 Å². The third-order valence-electron chi connectivity index (χ3n) is 5.84. The first-order valence-corrected chi connectivity index (χ1v) is 9.17. The van der Waals surface area contributed by atoms with Crippen molar-refractivity contribution in [2.75, 3.05) is 0 Å². The molecule has 1 aromatic carbocycles. The van der Waals surface area contributed by atoms with Crippen molar-refractivity contribution in [1.29, 1.82) is 5.26 Å². The van der Waals surface area contributed by atoms with Crippen LogP contribution < -0.4 is 5.73 Å². The van der Waals surface area contributed by atoms with E-state index >= 15 is 0 Å². The minimum Gasteiger partial charge on any atom is -0.364 e. The fraction of sp³-hybridized carbons (Fsp3) is 0.400. The van der Waals surface area contributed by atoms with E-state index in [9.17, 15) is 9.59 Å². The van der Waals surface area contributed by atoms with Gasteiger partial charge < -0.3 is 10.6 Å². The van der Waals surface area contributed by atoms with Crippen molar-refractivity contribution in [3.05, 3.63) is 42.1 Å². The Morgan fingerprint density at radius 3 is 2.93 bits per heavy atom. The van der Waals surface area contributed by atoms with Crippen LogP contribution >= 0.6 is 0 Å². The van der Waals surface area contributed by atoms with E-state index in [0.717, 1.165) is 25.7 Å². The largest absolute Gasteiger partial charge is 0.364 e. The number of hydrogen-bond donors (Lipinski definition) is 1. The minimum atomic E-state index is -0.678. The van der Waals surface area contributed by atoms with E-state index < -0.39 is 5.91 Å². The lowest BCUT2D eigenvalue weighted by molar-refractivity contribution is -0.134. The summed E-state index contributed by atoms with van der Waals surface area (Å²) in [4.78, 5) is 26.8. The van der Waals surface area contributed by atoms with E-state index in [1.165, 1.54) is 4.68 Å². The highest BCUT2D eigenvalue weighted by atomic mass is 16.2. The summed E-state index contributed by atoms with van der Waals surface area (Å²) in [7, 11) is 0. The molecule has 2 aliphatic rings. The quantitative estimate of drug-likeness (QED) is 0.838. The molecule has 2 N–H and O–H groups in total. The van der Waals surface area contributed by atoms with Gasteiger partial charge in [-0.3, -0.25) is 14.3 Å². The van der Waals surface area contributed by atoms with Gasteiger partial charge in [0, 0.05) is 11.4 Å². The van der Waals surface area contributed by atoms with Gasteiger partial charge in [-0.2, -0.15) is 10.4 Å². The number of nitrogens with zero attached hydrogens (tertiary/aromatic N) is 4. The van der Waals surface area contributed by atoms with E-state index in [4.69, 9.17) is 11.0 Å². The summed E-state index contributed by atoms with van der Waals surface area (Å²) in [6.07, 6.45) is 6.16. The van der Waals surface area contributed by atoms with Gasteiger partial charge in [-0.05, 0) is 43.4 Å². The molecule has 0 bridgehead atoms. The van der Waals surface area contributed by atoms with Gasteiger partial charge in [0.2, 0.25) is 5.91 Å². The summed E-state index contributed by atoms with van der Waals surface area (Å²) in [6, 6.07) is 7.29. The summed E-state index contributed by atoms with van der Waals surface area (Å²) < 4.78 is 1.52. The Hall–Kier alpha value is -3.14. The lowest BCUT2D eigenvalue weighted by atomic mass is 10.0. The number of benzene rings is 1. The van der Waals surface area contributed by atoms with Crippen LogP contribution in [-0.2, 0) is 11.3 Å². The van der Waals surface area contributed by atoms with E-state index in [1.54, 1.807) is 18.2 Å². The van der Waals surface area contributed by atoms with Crippen LogP contribution in [0.1, 0.15) is 41.7 Å². The Balaban J connectivity index is 1.69. The van der Waals surface area contributed by atoms with Gasteiger partial charge in [0.1, 0.15) is 6.54 Å². The molecule has 1 aliphatic carbocycles. The van der Waals surface area contributed by atoms with Gasteiger partial charge >= 0.3 is 0 Å². The Kier molecular flexibility index (Phi) is 4.19. The number of aromatic nitrogens is 2. The number of fused-ring (bicyclic) bond motifs is 2. The number of amides is 2. The van der Waals surface area contributed by atoms with E-state index in [-0.39, 0.29) is 30.2 Å². The maximum atomic E-state index is 13.1. The average molecular weight is 363 g/mol. The fourth-order valence-corrected chi connectivity index (χ4v) is 4.67. The molecule has 1 saturated carbocycles. The summed E-state index contributed by atoms with van der Waals surface area (Å²) >= 11 is 0. The highest BCUT2D eigenvalue weighted by molar-refractivity contribution is 6.04. The number of carbonyl (C=O) groups is 2. The first-order chi connectivity index (χ1) is 13.0. The number of carbonyl (C=O) groups excluding carboxylic acids is 2. The smallest absolute Gasteiger partial charge is 0.269 e. The van der Waals surface area contributed by atoms with Crippen LogP contribution in [0, 0.1) is 17.2 Å². The Morgan fingerprint density at radius 1 is 1.41 bits per heavy atom. The lowest BCUT2D eigenvalue weighted by Gasteiger charge is -2.28. The molecule has 2 heterocycles. The standard InChI is InChI=1S/C20H21N5O2/c1-2-14-9-13-4-3-5-16(13)25(14)18(26)11-24-17-7-6-12(10-21)8-15(17)19(23-24)20(22)27/h2,6-8,13-14,16H,1,3-5,9,11H2,(H2,22,27). The monoisotopic (exact) mass is 363 g/mol. The van der Waals surface area contributed by atoms with Crippen molar-refractivity contribution in [3.8, 4) is 6.07 Å². The van der Waals surface area contributed by atoms with E-state index in [2.05, 4.69) is 11.7 Å². The van der Waals surface area contributed by atoms with Gasteiger partial charge in [0.15, 0.2) is 5.69 Å². The van der Waals surface area contributed by atoms with Crippen LogP contribution in [0.15, 0.2) is 30.9 Å². The molecular weight excluding hydrogens is 342 g/mol. The zero-order chi connectivity index (χ0) is 19.1. The fourth-order valence-electron chi connectivity index (χ4n) is 4.67. The third kappa shape index (κ3) is 2.78. The third-order valence-corrected chi connectivity index (χ3v) is 5.84. The Morgan fingerprint density at radius 2 is 2.22 bits per heavy atom. The van der Waals surface area contributed by atoms with Crippen molar-refractivity contribution >= 4 is 22.7 Å². The number of nitriles is 1. The number of primary amides is 1. The molecule has 1 aromatic heterocycles. The lowest BCUT2D eigenvalue weighted by Crippen LogP contribution is -2.42. The van der Waals surface area contributed by atoms with Gasteiger partial charge in [-0.25, -0.2) is 0 Å². The van der Waals surface area contributed by atoms with Crippen molar-refractivity contribution in [1.82, 2.24) is 14.7 Å². The van der Waals surface area contributed by atoms with E-state index in [0.29, 0.717) is 22.4 Å². The molecule has 1 saturated heterocycles. The zero-order valence-corrected chi connectivity index (χ0v) is 15.0. The SMILES string of the molecule is C=CC1CC2CCCC2N1C(=O)Cn1nc(C(N)=O)c2cc(C#N)ccc21. The molecule has 7 nitrogen and oxygen atoms in total. The van der Waals surface area contributed by atoms with Crippen molar-refractivity contribution in [2.24, 2.45) is 11.7 Å².